The number of hydrogen-bond donors (Lipinski definition) is 2. The Labute approximate surface area is 128 Å². The molecule has 7 heteroatoms. The third-order valence-corrected chi connectivity index (χ3v) is 4.19. The second-order valence-electron chi connectivity index (χ2n) is 5.09. The van der Waals surface area contributed by atoms with Crippen LogP contribution in [0.15, 0.2) is 16.6 Å². The van der Waals surface area contributed by atoms with Crippen molar-refractivity contribution >= 4 is 27.8 Å². The predicted octanol–water partition coefficient (Wildman–Crippen LogP) is 2.96. The molecule has 2 N–H and O–H groups in total. The number of rotatable bonds is 4. The summed E-state index contributed by atoms with van der Waals surface area (Å²) in [4.78, 5) is 22.9. The van der Waals surface area contributed by atoms with Gasteiger partial charge in [0.05, 0.1) is 5.92 Å². The SMILES string of the molecule is O=C(NCC1CCCC1C(=O)O)c1c(F)cc(Br)cc1F. The number of carboxylic acids is 1. The Kier molecular flexibility index (Phi) is 4.92. The first-order chi connectivity index (χ1) is 9.90. The lowest BCUT2D eigenvalue weighted by Crippen LogP contribution is -2.33. The Morgan fingerprint density at radius 1 is 1.29 bits per heavy atom. The normalized spacial score (nSPS) is 21.3. The zero-order valence-corrected chi connectivity index (χ0v) is 12.6. The van der Waals surface area contributed by atoms with Crippen molar-refractivity contribution < 1.29 is 23.5 Å². The fourth-order valence-electron chi connectivity index (χ4n) is 2.68. The zero-order valence-electron chi connectivity index (χ0n) is 11.0. The molecule has 0 aromatic heterocycles. The zero-order chi connectivity index (χ0) is 15.6. The van der Waals surface area contributed by atoms with E-state index in [4.69, 9.17) is 5.11 Å². The third kappa shape index (κ3) is 3.58. The highest BCUT2D eigenvalue weighted by Crippen LogP contribution is 2.31. The number of halogens is 3. The van der Waals surface area contributed by atoms with Gasteiger partial charge < -0.3 is 10.4 Å². The molecule has 1 aromatic carbocycles. The van der Waals surface area contributed by atoms with Gasteiger partial charge in [0.1, 0.15) is 17.2 Å². The number of carbonyl (C=O) groups excluding carboxylic acids is 1. The van der Waals surface area contributed by atoms with Crippen molar-refractivity contribution in [2.24, 2.45) is 11.8 Å². The van der Waals surface area contributed by atoms with E-state index in [1.165, 1.54) is 0 Å². The molecule has 1 aliphatic carbocycles. The number of carbonyl (C=O) groups is 2. The molecule has 0 radical (unpaired) electrons. The summed E-state index contributed by atoms with van der Waals surface area (Å²) in [6.07, 6.45) is 2.03. The van der Waals surface area contributed by atoms with Crippen LogP contribution in [-0.4, -0.2) is 23.5 Å². The van der Waals surface area contributed by atoms with E-state index in [2.05, 4.69) is 21.2 Å². The summed E-state index contributed by atoms with van der Waals surface area (Å²) >= 11 is 2.94. The van der Waals surface area contributed by atoms with E-state index in [0.717, 1.165) is 18.6 Å². The summed E-state index contributed by atoms with van der Waals surface area (Å²) in [5, 5.41) is 11.5. The Morgan fingerprint density at radius 2 is 1.90 bits per heavy atom. The second-order valence-corrected chi connectivity index (χ2v) is 6.01. The average molecular weight is 362 g/mol. The molecule has 4 nitrogen and oxygen atoms in total. The molecular formula is C14H14BrF2NO3. The Balaban J connectivity index is 2.04. The van der Waals surface area contributed by atoms with E-state index in [9.17, 15) is 18.4 Å². The summed E-state index contributed by atoms with van der Waals surface area (Å²) < 4.78 is 27.5. The average Bonchev–Trinajstić information content (AvgIpc) is 2.83. The quantitative estimate of drug-likeness (QED) is 0.866. The molecule has 0 spiro atoms. The fourth-order valence-corrected chi connectivity index (χ4v) is 3.08. The molecule has 2 atom stereocenters. The molecule has 0 heterocycles. The van der Waals surface area contributed by atoms with Gasteiger partial charge in [-0.2, -0.15) is 0 Å². The van der Waals surface area contributed by atoms with Crippen LogP contribution >= 0.6 is 15.9 Å². The second kappa shape index (κ2) is 6.51. The van der Waals surface area contributed by atoms with Crippen LogP contribution < -0.4 is 5.32 Å². The Hall–Kier alpha value is -1.50. The van der Waals surface area contributed by atoms with Gasteiger partial charge in [-0.15, -0.1) is 0 Å². The van der Waals surface area contributed by atoms with Crippen molar-refractivity contribution in [1.82, 2.24) is 5.32 Å². The number of nitrogens with one attached hydrogen (secondary N) is 1. The lowest BCUT2D eigenvalue weighted by molar-refractivity contribution is -0.142. The largest absolute Gasteiger partial charge is 0.481 e. The molecular weight excluding hydrogens is 348 g/mol. The van der Waals surface area contributed by atoms with Gasteiger partial charge in [0.25, 0.3) is 5.91 Å². The van der Waals surface area contributed by atoms with Crippen LogP contribution in [0, 0.1) is 23.5 Å². The van der Waals surface area contributed by atoms with Crippen molar-refractivity contribution in [1.29, 1.82) is 0 Å². The van der Waals surface area contributed by atoms with E-state index in [1.54, 1.807) is 0 Å². The van der Waals surface area contributed by atoms with E-state index in [1.807, 2.05) is 0 Å². The van der Waals surface area contributed by atoms with Crippen LogP contribution in [0.4, 0.5) is 8.78 Å². The summed E-state index contributed by atoms with van der Waals surface area (Å²) in [7, 11) is 0. The van der Waals surface area contributed by atoms with Crippen molar-refractivity contribution in [2.45, 2.75) is 19.3 Å². The molecule has 2 rings (SSSR count). The highest BCUT2D eigenvalue weighted by atomic mass is 79.9. The van der Waals surface area contributed by atoms with E-state index >= 15 is 0 Å². The third-order valence-electron chi connectivity index (χ3n) is 3.74. The smallest absolute Gasteiger partial charge is 0.306 e. The highest BCUT2D eigenvalue weighted by molar-refractivity contribution is 9.10. The Bertz CT molecular complexity index is 556. The Morgan fingerprint density at radius 3 is 2.48 bits per heavy atom. The molecule has 0 saturated heterocycles. The standard InChI is InChI=1S/C14H14BrF2NO3/c15-8-4-10(16)12(11(17)5-8)13(19)18-6-7-2-1-3-9(7)14(20)21/h4-5,7,9H,1-3,6H2,(H,18,19)(H,20,21). The molecule has 0 bridgehead atoms. The van der Waals surface area contributed by atoms with Crippen LogP contribution in [0.25, 0.3) is 0 Å². The summed E-state index contributed by atoms with van der Waals surface area (Å²) in [5.74, 6) is -4.39. The van der Waals surface area contributed by atoms with Gasteiger partial charge in [-0.1, -0.05) is 22.4 Å². The first-order valence-electron chi connectivity index (χ1n) is 6.55. The molecule has 0 aliphatic heterocycles. The maximum atomic E-state index is 13.6. The van der Waals surface area contributed by atoms with Gasteiger partial charge in [-0.25, -0.2) is 8.78 Å². The maximum absolute atomic E-state index is 13.6. The van der Waals surface area contributed by atoms with Crippen LogP contribution in [-0.2, 0) is 4.79 Å². The number of carboxylic acid groups (broad SMARTS) is 1. The van der Waals surface area contributed by atoms with Gasteiger partial charge in [-0.3, -0.25) is 9.59 Å². The molecule has 1 saturated carbocycles. The highest BCUT2D eigenvalue weighted by Gasteiger charge is 2.33. The van der Waals surface area contributed by atoms with Gasteiger partial charge >= 0.3 is 5.97 Å². The van der Waals surface area contributed by atoms with Gasteiger partial charge in [0, 0.05) is 11.0 Å². The molecule has 1 aromatic rings. The van der Waals surface area contributed by atoms with Gasteiger partial charge in [0.2, 0.25) is 0 Å². The van der Waals surface area contributed by atoms with Crippen molar-refractivity contribution in [3.63, 3.8) is 0 Å². The van der Waals surface area contributed by atoms with Crippen molar-refractivity contribution in [3.8, 4) is 0 Å². The van der Waals surface area contributed by atoms with Crippen LogP contribution in [0.1, 0.15) is 29.6 Å². The first-order valence-corrected chi connectivity index (χ1v) is 7.35. The number of hydrogen-bond acceptors (Lipinski definition) is 2. The topological polar surface area (TPSA) is 66.4 Å². The molecule has 114 valence electrons. The minimum absolute atomic E-state index is 0.102. The minimum Gasteiger partial charge on any atom is -0.481 e. The van der Waals surface area contributed by atoms with Gasteiger partial charge in [-0.05, 0) is 30.9 Å². The number of aliphatic carboxylic acids is 1. The van der Waals surface area contributed by atoms with Crippen LogP contribution in [0.2, 0.25) is 0 Å². The lowest BCUT2D eigenvalue weighted by Gasteiger charge is -2.16. The van der Waals surface area contributed by atoms with Crippen LogP contribution in [0.3, 0.4) is 0 Å². The summed E-state index contributed by atoms with van der Waals surface area (Å²) in [5.41, 5.74) is -0.650. The van der Waals surface area contributed by atoms with Crippen LogP contribution in [0.5, 0.6) is 0 Å². The molecule has 2 unspecified atom stereocenters. The number of benzene rings is 1. The monoisotopic (exact) mass is 361 g/mol. The minimum atomic E-state index is -0.958. The lowest BCUT2D eigenvalue weighted by atomic mass is 9.96. The van der Waals surface area contributed by atoms with E-state index in [0.29, 0.717) is 12.8 Å². The number of amides is 1. The molecule has 1 amide bonds. The maximum Gasteiger partial charge on any atom is 0.306 e. The molecule has 21 heavy (non-hydrogen) atoms. The van der Waals surface area contributed by atoms with E-state index < -0.39 is 35.0 Å². The fraction of sp³-hybridized carbons (Fsp3) is 0.429. The van der Waals surface area contributed by atoms with Crippen molar-refractivity contribution in [2.75, 3.05) is 6.54 Å². The molecule has 1 fully saturated rings. The molecule has 1 aliphatic rings. The predicted molar refractivity (Wildman–Crippen MR) is 74.9 cm³/mol. The van der Waals surface area contributed by atoms with Crippen molar-refractivity contribution in [3.05, 3.63) is 33.8 Å². The summed E-state index contributed by atoms with van der Waals surface area (Å²) in [6.45, 7) is 0.102. The first kappa shape index (κ1) is 15.9. The van der Waals surface area contributed by atoms with E-state index in [-0.39, 0.29) is 16.9 Å². The summed E-state index contributed by atoms with van der Waals surface area (Å²) in [6, 6.07) is 2.02. The van der Waals surface area contributed by atoms with Gasteiger partial charge in [0.15, 0.2) is 0 Å².